The Labute approximate surface area is 119 Å². The van der Waals surface area contributed by atoms with Crippen molar-refractivity contribution in [1.82, 2.24) is 5.32 Å². The predicted molar refractivity (Wildman–Crippen MR) is 78.8 cm³/mol. The summed E-state index contributed by atoms with van der Waals surface area (Å²) in [5.41, 5.74) is 11.5. The molecule has 5 heteroatoms. The van der Waals surface area contributed by atoms with Crippen molar-refractivity contribution < 1.29 is 9.59 Å². The summed E-state index contributed by atoms with van der Waals surface area (Å²) in [5, 5.41) is 2.76. The molecule has 0 spiro atoms. The molecule has 1 aromatic carbocycles. The van der Waals surface area contributed by atoms with Crippen molar-refractivity contribution in [3.63, 3.8) is 0 Å². The van der Waals surface area contributed by atoms with Crippen LogP contribution in [0.3, 0.4) is 0 Å². The van der Waals surface area contributed by atoms with Gasteiger partial charge in [0, 0.05) is 12.0 Å². The number of rotatable bonds is 7. The first-order valence-electron chi connectivity index (χ1n) is 6.70. The first-order valence-corrected chi connectivity index (χ1v) is 6.70. The molecule has 2 amide bonds. The second-order valence-electron chi connectivity index (χ2n) is 5.65. The van der Waals surface area contributed by atoms with Gasteiger partial charge in [-0.25, -0.2) is 0 Å². The van der Waals surface area contributed by atoms with Crippen molar-refractivity contribution in [1.29, 1.82) is 0 Å². The van der Waals surface area contributed by atoms with Crippen LogP contribution in [0.15, 0.2) is 30.3 Å². The van der Waals surface area contributed by atoms with Crippen LogP contribution in [0.5, 0.6) is 0 Å². The van der Waals surface area contributed by atoms with Gasteiger partial charge in [0.2, 0.25) is 11.8 Å². The highest BCUT2D eigenvalue weighted by atomic mass is 16.2. The standard InChI is InChI=1S/C15H23N3O2/c1-15(2,10-13(17)19)18-14(20)12(16)9-8-11-6-4-3-5-7-11/h3-7,12H,8-10,16H2,1-2H3,(H2,17,19)(H,18,20)/t12-/m0/s1. The second kappa shape index (κ2) is 7.05. The summed E-state index contributed by atoms with van der Waals surface area (Å²) < 4.78 is 0. The van der Waals surface area contributed by atoms with Gasteiger partial charge in [-0.1, -0.05) is 30.3 Å². The van der Waals surface area contributed by atoms with Crippen molar-refractivity contribution in [3.8, 4) is 0 Å². The third-order valence-electron chi connectivity index (χ3n) is 3.00. The van der Waals surface area contributed by atoms with Crippen LogP contribution in [0.4, 0.5) is 0 Å². The molecule has 0 aliphatic heterocycles. The van der Waals surface area contributed by atoms with Gasteiger partial charge in [0.1, 0.15) is 0 Å². The number of hydrogen-bond acceptors (Lipinski definition) is 3. The zero-order valence-electron chi connectivity index (χ0n) is 12.1. The van der Waals surface area contributed by atoms with Gasteiger partial charge in [0.05, 0.1) is 6.04 Å². The van der Waals surface area contributed by atoms with Crippen LogP contribution in [0, 0.1) is 0 Å². The number of aryl methyl sites for hydroxylation is 1. The molecule has 0 radical (unpaired) electrons. The van der Waals surface area contributed by atoms with E-state index in [9.17, 15) is 9.59 Å². The van der Waals surface area contributed by atoms with Crippen LogP contribution < -0.4 is 16.8 Å². The van der Waals surface area contributed by atoms with E-state index < -0.39 is 17.5 Å². The minimum atomic E-state index is -0.673. The Hall–Kier alpha value is -1.88. The maximum atomic E-state index is 12.0. The molecule has 1 atom stereocenters. The monoisotopic (exact) mass is 277 g/mol. The van der Waals surface area contributed by atoms with Crippen molar-refractivity contribution in [2.24, 2.45) is 11.5 Å². The summed E-state index contributed by atoms with van der Waals surface area (Å²) in [6.45, 7) is 3.50. The molecule has 5 N–H and O–H groups in total. The fourth-order valence-electron chi connectivity index (χ4n) is 2.00. The Bertz CT molecular complexity index is 457. The molecule has 1 aromatic rings. The van der Waals surface area contributed by atoms with Crippen molar-refractivity contribution in [2.75, 3.05) is 0 Å². The predicted octanol–water partition coefficient (Wildman–Crippen LogP) is 0.717. The Kier molecular flexibility index (Phi) is 5.70. The summed E-state index contributed by atoms with van der Waals surface area (Å²) in [6.07, 6.45) is 1.39. The van der Waals surface area contributed by atoms with Crippen LogP contribution in [0.1, 0.15) is 32.3 Å². The molecule has 0 unspecified atom stereocenters. The van der Waals surface area contributed by atoms with Crippen LogP contribution in [-0.4, -0.2) is 23.4 Å². The van der Waals surface area contributed by atoms with E-state index in [4.69, 9.17) is 11.5 Å². The number of primary amides is 1. The van der Waals surface area contributed by atoms with E-state index in [2.05, 4.69) is 5.32 Å². The van der Waals surface area contributed by atoms with Gasteiger partial charge < -0.3 is 16.8 Å². The second-order valence-corrected chi connectivity index (χ2v) is 5.65. The lowest BCUT2D eigenvalue weighted by Crippen LogP contribution is -2.52. The molecule has 0 bridgehead atoms. The van der Waals surface area contributed by atoms with Gasteiger partial charge in [0.25, 0.3) is 0 Å². The maximum Gasteiger partial charge on any atom is 0.237 e. The summed E-state index contributed by atoms with van der Waals surface area (Å²) >= 11 is 0. The van der Waals surface area contributed by atoms with Crippen LogP contribution in [-0.2, 0) is 16.0 Å². The topological polar surface area (TPSA) is 98.2 Å². The Morgan fingerprint density at radius 1 is 1.25 bits per heavy atom. The van der Waals surface area contributed by atoms with E-state index in [-0.39, 0.29) is 12.3 Å². The highest BCUT2D eigenvalue weighted by molar-refractivity contribution is 5.83. The first kappa shape index (κ1) is 16.2. The average Bonchev–Trinajstić information content (AvgIpc) is 2.34. The van der Waals surface area contributed by atoms with Gasteiger partial charge in [-0.15, -0.1) is 0 Å². The Morgan fingerprint density at radius 2 is 1.85 bits per heavy atom. The van der Waals surface area contributed by atoms with Crippen LogP contribution >= 0.6 is 0 Å². The molecule has 0 aliphatic carbocycles. The van der Waals surface area contributed by atoms with Gasteiger partial charge in [0.15, 0.2) is 0 Å². The minimum Gasteiger partial charge on any atom is -0.370 e. The normalized spacial score (nSPS) is 12.8. The van der Waals surface area contributed by atoms with Gasteiger partial charge >= 0.3 is 0 Å². The van der Waals surface area contributed by atoms with E-state index in [1.165, 1.54) is 0 Å². The molecule has 0 heterocycles. The number of nitrogens with two attached hydrogens (primary N) is 2. The lowest BCUT2D eigenvalue weighted by Gasteiger charge is -2.26. The number of nitrogens with one attached hydrogen (secondary N) is 1. The number of hydrogen-bond donors (Lipinski definition) is 3. The molecule has 110 valence electrons. The van der Waals surface area contributed by atoms with Crippen molar-refractivity contribution in [2.45, 2.75) is 44.7 Å². The summed E-state index contributed by atoms with van der Waals surface area (Å²) in [6, 6.07) is 9.27. The number of amides is 2. The van der Waals surface area contributed by atoms with Gasteiger partial charge in [-0.3, -0.25) is 9.59 Å². The average molecular weight is 277 g/mol. The van der Waals surface area contributed by atoms with E-state index >= 15 is 0 Å². The van der Waals surface area contributed by atoms with Crippen LogP contribution in [0.2, 0.25) is 0 Å². The molecule has 0 aromatic heterocycles. The largest absolute Gasteiger partial charge is 0.370 e. The lowest BCUT2D eigenvalue weighted by atomic mass is 9.98. The third kappa shape index (κ3) is 5.84. The van der Waals surface area contributed by atoms with Crippen molar-refractivity contribution in [3.05, 3.63) is 35.9 Å². The molecule has 20 heavy (non-hydrogen) atoms. The highest BCUT2D eigenvalue weighted by Crippen LogP contribution is 2.09. The quantitative estimate of drug-likeness (QED) is 0.684. The molecular weight excluding hydrogens is 254 g/mol. The fourth-order valence-corrected chi connectivity index (χ4v) is 2.00. The third-order valence-corrected chi connectivity index (χ3v) is 3.00. The Balaban J connectivity index is 2.45. The van der Waals surface area contributed by atoms with E-state index in [0.717, 1.165) is 12.0 Å². The Morgan fingerprint density at radius 3 is 2.40 bits per heavy atom. The minimum absolute atomic E-state index is 0.0874. The number of carbonyl (C=O) groups is 2. The zero-order chi connectivity index (χ0) is 15.2. The van der Waals surface area contributed by atoms with Gasteiger partial charge in [-0.2, -0.15) is 0 Å². The van der Waals surface area contributed by atoms with Crippen molar-refractivity contribution >= 4 is 11.8 Å². The first-order chi connectivity index (χ1) is 9.30. The maximum absolute atomic E-state index is 12.0. The summed E-state index contributed by atoms with van der Waals surface area (Å²) in [7, 11) is 0. The lowest BCUT2D eigenvalue weighted by molar-refractivity contribution is -0.125. The fraction of sp³-hybridized carbons (Fsp3) is 0.467. The number of carbonyl (C=O) groups excluding carboxylic acids is 2. The van der Waals surface area contributed by atoms with Gasteiger partial charge in [-0.05, 0) is 32.3 Å². The van der Waals surface area contributed by atoms with E-state index in [1.807, 2.05) is 30.3 Å². The molecule has 5 nitrogen and oxygen atoms in total. The highest BCUT2D eigenvalue weighted by Gasteiger charge is 2.25. The molecule has 1 rings (SSSR count). The zero-order valence-corrected chi connectivity index (χ0v) is 12.1. The SMILES string of the molecule is CC(C)(CC(N)=O)NC(=O)[C@@H](N)CCc1ccccc1. The number of benzene rings is 1. The van der Waals surface area contributed by atoms with Crippen LogP contribution in [0.25, 0.3) is 0 Å². The molecule has 0 saturated carbocycles. The molecular formula is C15H23N3O2. The summed E-state index contributed by atoms with van der Waals surface area (Å²) in [5.74, 6) is -0.708. The molecule has 0 saturated heterocycles. The smallest absolute Gasteiger partial charge is 0.237 e. The molecule has 0 fully saturated rings. The molecule has 0 aliphatic rings. The summed E-state index contributed by atoms with van der Waals surface area (Å²) in [4.78, 5) is 22.9. The van der Waals surface area contributed by atoms with E-state index in [1.54, 1.807) is 13.8 Å². The van der Waals surface area contributed by atoms with E-state index in [0.29, 0.717) is 6.42 Å².